The highest BCUT2D eigenvalue weighted by Gasteiger charge is 2.11. The Morgan fingerprint density at radius 2 is 2.24 bits per heavy atom. The average molecular weight is 236 g/mol. The van der Waals surface area contributed by atoms with Crippen LogP contribution in [0.1, 0.15) is 31.0 Å². The third-order valence-corrected chi connectivity index (χ3v) is 2.52. The van der Waals surface area contributed by atoms with Gasteiger partial charge in [-0.1, -0.05) is 19.1 Å². The summed E-state index contributed by atoms with van der Waals surface area (Å²) >= 11 is 0. The Morgan fingerprint density at radius 3 is 2.82 bits per heavy atom. The molecule has 1 aromatic carbocycles. The lowest BCUT2D eigenvalue weighted by molar-refractivity contribution is -0.119. The van der Waals surface area contributed by atoms with Crippen molar-refractivity contribution in [3.63, 3.8) is 0 Å². The highest BCUT2D eigenvalue weighted by atomic mass is 16.5. The lowest BCUT2D eigenvalue weighted by Gasteiger charge is -2.17. The summed E-state index contributed by atoms with van der Waals surface area (Å²) in [5, 5.41) is 3.31. The van der Waals surface area contributed by atoms with Gasteiger partial charge in [-0.15, -0.1) is 0 Å². The van der Waals surface area contributed by atoms with Crippen molar-refractivity contribution in [1.29, 1.82) is 0 Å². The summed E-state index contributed by atoms with van der Waals surface area (Å²) in [5.41, 5.74) is 7.22. The summed E-state index contributed by atoms with van der Waals surface area (Å²) in [6.45, 7) is 6.89. The lowest BCUT2D eigenvalue weighted by atomic mass is 10.0. The van der Waals surface area contributed by atoms with Gasteiger partial charge in [-0.3, -0.25) is 4.79 Å². The van der Waals surface area contributed by atoms with Crippen molar-refractivity contribution in [2.75, 3.05) is 13.2 Å². The number of hydrogen-bond donors (Lipinski definition) is 2. The predicted octanol–water partition coefficient (Wildman–Crippen LogP) is 1.53. The Morgan fingerprint density at radius 1 is 1.53 bits per heavy atom. The first-order valence-corrected chi connectivity index (χ1v) is 5.79. The second kappa shape index (κ2) is 6.25. The quantitative estimate of drug-likeness (QED) is 0.787. The normalized spacial score (nSPS) is 12.2. The van der Waals surface area contributed by atoms with Crippen molar-refractivity contribution in [2.45, 2.75) is 26.8 Å². The molecular weight excluding hydrogens is 216 g/mol. The first-order chi connectivity index (χ1) is 8.04. The molecule has 17 heavy (non-hydrogen) atoms. The largest absolute Gasteiger partial charge is 0.483 e. The van der Waals surface area contributed by atoms with Crippen molar-refractivity contribution in [1.82, 2.24) is 5.32 Å². The molecule has 0 aliphatic heterocycles. The fourth-order valence-electron chi connectivity index (χ4n) is 1.69. The van der Waals surface area contributed by atoms with E-state index in [1.54, 1.807) is 0 Å². The molecule has 4 heteroatoms. The Bertz CT molecular complexity index is 391. The molecule has 0 fully saturated rings. The number of hydrogen-bond acceptors (Lipinski definition) is 3. The third kappa shape index (κ3) is 4.07. The Kier molecular flexibility index (Phi) is 4.97. The van der Waals surface area contributed by atoms with Crippen LogP contribution in [0.25, 0.3) is 0 Å². The van der Waals surface area contributed by atoms with E-state index in [2.05, 4.69) is 19.2 Å². The molecule has 1 unspecified atom stereocenters. The van der Waals surface area contributed by atoms with E-state index in [9.17, 15) is 4.79 Å². The molecule has 0 spiro atoms. The number of nitrogens with two attached hydrogens (primary N) is 1. The Hall–Kier alpha value is -1.55. The fraction of sp³-hybridized carbons (Fsp3) is 0.462. The van der Waals surface area contributed by atoms with E-state index < -0.39 is 5.91 Å². The molecule has 0 aliphatic rings. The molecule has 0 bridgehead atoms. The number of carbonyl (C=O) groups is 1. The number of carbonyl (C=O) groups excluding carboxylic acids is 1. The topological polar surface area (TPSA) is 64.3 Å². The van der Waals surface area contributed by atoms with Crippen LogP contribution in [0, 0.1) is 6.92 Å². The molecule has 1 aromatic rings. The summed E-state index contributed by atoms with van der Waals surface area (Å²) < 4.78 is 5.43. The zero-order valence-electron chi connectivity index (χ0n) is 10.6. The van der Waals surface area contributed by atoms with Gasteiger partial charge in [-0.25, -0.2) is 0 Å². The lowest BCUT2D eigenvalue weighted by Crippen LogP contribution is -2.22. The van der Waals surface area contributed by atoms with Gasteiger partial charge < -0.3 is 15.8 Å². The van der Waals surface area contributed by atoms with Gasteiger partial charge in [0.2, 0.25) is 0 Å². The van der Waals surface area contributed by atoms with E-state index in [0.717, 1.165) is 23.4 Å². The molecule has 4 nitrogen and oxygen atoms in total. The van der Waals surface area contributed by atoms with Crippen LogP contribution in [0.3, 0.4) is 0 Å². The highest BCUT2D eigenvalue weighted by Crippen LogP contribution is 2.26. The summed E-state index contributed by atoms with van der Waals surface area (Å²) in [6, 6.07) is 6.15. The second-order valence-corrected chi connectivity index (χ2v) is 4.08. The predicted molar refractivity (Wildman–Crippen MR) is 68.0 cm³/mol. The van der Waals surface area contributed by atoms with E-state index in [-0.39, 0.29) is 12.6 Å². The number of primary amides is 1. The maximum absolute atomic E-state index is 10.7. The molecule has 0 aliphatic carbocycles. The monoisotopic (exact) mass is 236 g/mol. The zero-order chi connectivity index (χ0) is 12.8. The number of benzene rings is 1. The number of nitrogens with one attached hydrogen (secondary N) is 1. The van der Waals surface area contributed by atoms with Gasteiger partial charge in [-0.05, 0) is 32.0 Å². The molecule has 1 atom stereocenters. The summed E-state index contributed by atoms with van der Waals surface area (Å²) in [4.78, 5) is 10.7. The smallest absolute Gasteiger partial charge is 0.255 e. The van der Waals surface area contributed by atoms with Gasteiger partial charge in [0.1, 0.15) is 5.75 Å². The van der Waals surface area contributed by atoms with Crippen LogP contribution < -0.4 is 15.8 Å². The molecule has 0 radical (unpaired) electrons. The minimum absolute atomic E-state index is 0.0880. The van der Waals surface area contributed by atoms with Crippen molar-refractivity contribution < 1.29 is 9.53 Å². The van der Waals surface area contributed by atoms with Crippen LogP contribution in [0.15, 0.2) is 18.2 Å². The van der Waals surface area contributed by atoms with Crippen molar-refractivity contribution in [3.05, 3.63) is 29.3 Å². The van der Waals surface area contributed by atoms with E-state index in [0.29, 0.717) is 0 Å². The summed E-state index contributed by atoms with van der Waals surface area (Å²) in [6.07, 6.45) is 0. The first-order valence-electron chi connectivity index (χ1n) is 5.79. The van der Waals surface area contributed by atoms with Gasteiger partial charge in [0, 0.05) is 11.6 Å². The van der Waals surface area contributed by atoms with Crippen LogP contribution in [0.2, 0.25) is 0 Å². The number of rotatable bonds is 6. The van der Waals surface area contributed by atoms with Crippen LogP contribution in [0.5, 0.6) is 5.75 Å². The van der Waals surface area contributed by atoms with E-state index in [4.69, 9.17) is 10.5 Å². The van der Waals surface area contributed by atoms with Gasteiger partial charge in [0.15, 0.2) is 6.61 Å². The SMILES string of the molecule is CCNC(C)c1ccc(C)cc1OCC(N)=O. The maximum atomic E-state index is 10.7. The van der Waals surface area contributed by atoms with Crippen LogP contribution in [-0.2, 0) is 4.79 Å². The molecule has 0 aromatic heterocycles. The number of ether oxygens (including phenoxy) is 1. The second-order valence-electron chi connectivity index (χ2n) is 4.08. The molecule has 1 amide bonds. The minimum atomic E-state index is -0.464. The Labute approximate surface area is 102 Å². The van der Waals surface area contributed by atoms with Crippen molar-refractivity contribution in [3.8, 4) is 5.75 Å². The van der Waals surface area contributed by atoms with Gasteiger partial charge in [-0.2, -0.15) is 0 Å². The molecule has 0 saturated heterocycles. The highest BCUT2D eigenvalue weighted by molar-refractivity contribution is 5.75. The zero-order valence-corrected chi connectivity index (χ0v) is 10.6. The van der Waals surface area contributed by atoms with Crippen LogP contribution in [-0.4, -0.2) is 19.1 Å². The molecule has 3 N–H and O–H groups in total. The standard InChI is InChI=1S/C13H20N2O2/c1-4-15-10(3)11-6-5-9(2)7-12(11)17-8-13(14)16/h5-7,10,15H,4,8H2,1-3H3,(H2,14,16). The van der Waals surface area contributed by atoms with E-state index >= 15 is 0 Å². The maximum Gasteiger partial charge on any atom is 0.255 e. The fourth-order valence-corrected chi connectivity index (χ4v) is 1.69. The van der Waals surface area contributed by atoms with Crippen molar-refractivity contribution >= 4 is 5.91 Å². The van der Waals surface area contributed by atoms with Gasteiger partial charge in [0.05, 0.1) is 0 Å². The summed E-state index contributed by atoms with van der Waals surface area (Å²) in [7, 11) is 0. The van der Waals surface area contributed by atoms with Gasteiger partial charge in [0.25, 0.3) is 5.91 Å². The van der Waals surface area contributed by atoms with Gasteiger partial charge >= 0.3 is 0 Å². The van der Waals surface area contributed by atoms with E-state index in [1.165, 1.54) is 0 Å². The minimum Gasteiger partial charge on any atom is -0.483 e. The van der Waals surface area contributed by atoms with Crippen molar-refractivity contribution in [2.24, 2.45) is 5.73 Å². The molecule has 0 saturated carbocycles. The number of amides is 1. The number of aryl methyl sites for hydroxylation is 1. The van der Waals surface area contributed by atoms with E-state index in [1.807, 2.05) is 25.1 Å². The van der Waals surface area contributed by atoms with Crippen LogP contribution >= 0.6 is 0 Å². The molecule has 94 valence electrons. The Balaban J connectivity index is 2.90. The summed E-state index contributed by atoms with van der Waals surface area (Å²) in [5.74, 6) is 0.255. The first kappa shape index (κ1) is 13.5. The molecule has 0 heterocycles. The van der Waals surface area contributed by atoms with Crippen LogP contribution in [0.4, 0.5) is 0 Å². The average Bonchev–Trinajstić information content (AvgIpc) is 2.26. The third-order valence-electron chi connectivity index (χ3n) is 2.52. The molecule has 1 rings (SSSR count). The molecular formula is C13H20N2O2.